The average Bonchev–Trinajstić information content (AvgIpc) is 2.99. The summed E-state index contributed by atoms with van der Waals surface area (Å²) in [6.07, 6.45) is 0. The van der Waals surface area contributed by atoms with Gasteiger partial charge in [0.15, 0.2) is 5.82 Å². The normalized spacial score (nSPS) is 12.1. The fourth-order valence-corrected chi connectivity index (χ4v) is 3.91. The number of nitrogens with zero attached hydrogens (tertiary/aromatic N) is 1. The first kappa shape index (κ1) is 19.1. The molecule has 0 aliphatic rings. The number of quaternary nitrogens is 1. The zero-order valence-corrected chi connectivity index (χ0v) is 16.3. The molecule has 0 fully saturated rings. The summed E-state index contributed by atoms with van der Waals surface area (Å²) in [5.74, 6) is 0.974. The van der Waals surface area contributed by atoms with Gasteiger partial charge in [0, 0.05) is 0 Å². The number of hydrogen-bond donors (Lipinski definition) is 2. The van der Waals surface area contributed by atoms with E-state index >= 15 is 0 Å². The number of nitrogens with one attached hydrogen (secondary N) is 2. The topological polar surface area (TPSA) is 85.7 Å². The predicted molar refractivity (Wildman–Crippen MR) is 104 cm³/mol. The van der Waals surface area contributed by atoms with Gasteiger partial charge in [-0.3, -0.25) is 4.79 Å². The Morgan fingerprint density at radius 1 is 1.30 bits per heavy atom. The second-order valence-electron chi connectivity index (χ2n) is 6.29. The Balaban J connectivity index is 1.69. The Morgan fingerprint density at radius 3 is 2.74 bits per heavy atom. The van der Waals surface area contributed by atoms with Crippen LogP contribution < -0.4 is 15.2 Å². The third-order valence-corrected chi connectivity index (χ3v) is 5.40. The van der Waals surface area contributed by atoms with Crippen molar-refractivity contribution < 1.29 is 19.2 Å². The summed E-state index contributed by atoms with van der Waals surface area (Å²) in [6.45, 7) is 3.61. The van der Waals surface area contributed by atoms with Crippen molar-refractivity contribution in [3.63, 3.8) is 0 Å². The number of thiophene rings is 1. The predicted octanol–water partition coefficient (Wildman–Crippen LogP) is 1.17. The number of aromatic nitrogens is 2. The molecule has 0 aliphatic carbocycles. The number of H-pyrrole nitrogens is 1. The second-order valence-corrected chi connectivity index (χ2v) is 7.29. The molecule has 1 atom stereocenters. The number of carbonyl (C=O) groups excluding carboxylic acids is 1. The first-order chi connectivity index (χ1) is 13.0. The number of carbonyl (C=O) groups is 1. The second kappa shape index (κ2) is 8.32. The van der Waals surface area contributed by atoms with Gasteiger partial charge < -0.3 is 19.4 Å². The minimum absolute atomic E-state index is 0.229. The van der Waals surface area contributed by atoms with E-state index in [9.17, 15) is 9.59 Å². The molecule has 27 heavy (non-hydrogen) atoms. The molecule has 142 valence electrons. The highest BCUT2D eigenvalue weighted by molar-refractivity contribution is 7.20. The molecule has 2 aromatic heterocycles. The standard InChI is InChI=1S/C19H21N3O4S/c1-12-15-17(23)20-14(21-18(15)27-16(12)19(24)25-3)11-22(2)9-10-26-13-7-5-4-6-8-13/h4-8H,9-11H2,1-3H3,(H,20,21,23)/p+1. The average molecular weight is 388 g/mol. The highest BCUT2D eigenvalue weighted by Crippen LogP contribution is 2.27. The van der Waals surface area contributed by atoms with Crippen LogP contribution in [0.1, 0.15) is 21.1 Å². The van der Waals surface area contributed by atoms with Gasteiger partial charge >= 0.3 is 5.97 Å². The van der Waals surface area contributed by atoms with E-state index in [1.165, 1.54) is 18.4 Å². The van der Waals surface area contributed by atoms with E-state index in [2.05, 4.69) is 9.97 Å². The van der Waals surface area contributed by atoms with Crippen molar-refractivity contribution in [1.29, 1.82) is 0 Å². The summed E-state index contributed by atoms with van der Waals surface area (Å²) < 4.78 is 10.5. The van der Waals surface area contributed by atoms with Crippen LogP contribution in [0.4, 0.5) is 0 Å². The molecule has 7 nitrogen and oxygen atoms in total. The number of methoxy groups -OCH3 is 1. The number of likely N-dealkylation sites (N-methyl/N-ethyl adjacent to an activating group) is 1. The van der Waals surface area contributed by atoms with Gasteiger partial charge in [-0.1, -0.05) is 18.2 Å². The van der Waals surface area contributed by atoms with Gasteiger partial charge in [0.05, 0.1) is 19.5 Å². The summed E-state index contributed by atoms with van der Waals surface area (Å²) in [5.41, 5.74) is 0.381. The third-order valence-electron chi connectivity index (χ3n) is 4.23. The fourth-order valence-electron chi connectivity index (χ4n) is 2.79. The molecule has 0 saturated heterocycles. The van der Waals surface area contributed by atoms with Crippen LogP contribution >= 0.6 is 11.3 Å². The maximum atomic E-state index is 12.5. The molecule has 1 aromatic carbocycles. The van der Waals surface area contributed by atoms with Gasteiger partial charge in [0.25, 0.3) is 5.56 Å². The van der Waals surface area contributed by atoms with Gasteiger partial charge in [-0.05, 0) is 24.6 Å². The van der Waals surface area contributed by atoms with Crippen molar-refractivity contribution in [2.24, 2.45) is 0 Å². The van der Waals surface area contributed by atoms with Crippen LogP contribution in [0.25, 0.3) is 10.2 Å². The molecule has 0 amide bonds. The van der Waals surface area contributed by atoms with Crippen LogP contribution in [0.3, 0.4) is 0 Å². The van der Waals surface area contributed by atoms with E-state index < -0.39 is 5.97 Å². The number of para-hydroxylation sites is 1. The largest absolute Gasteiger partial charge is 0.488 e. The highest BCUT2D eigenvalue weighted by Gasteiger charge is 2.20. The number of esters is 1. The maximum Gasteiger partial charge on any atom is 0.348 e. The molecule has 0 radical (unpaired) electrons. The van der Waals surface area contributed by atoms with E-state index in [4.69, 9.17) is 9.47 Å². The summed E-state index contributed by atoms with van der Waals surface area (Å²) in [6, 6.07) is 9.64. The molecular formula is C19H22N3O4S+. The summed E-state index contributed by atoms with van der Waals surface area (Å²) in [4.78, 5) is 33.8. The van der Waals surface area contributed by atoms with Crippen molar-refractivity contribution in [2.45, 2.75) is 13.5 Å². The van der Waals surface area contributed by atoms with Crippen molar-refractivity contribution in [2.75, 3.05) is 27.3 Å². The van der Waals surface area contributed by atoms with Crippen molar-refractivity contribution in [3.05, 3.63) is 57.0 Å². The lowest BCUT2D eigenvalue weighted by atomic mass is 10.2. The summed E-state index contributed by atoms with van der Waals surface area (Å²) in [5, 5.41) is 0.453. The number of aromatic amines is 1. The lowest BCUT2D eigenvalue weighted by Crippen LogP contribution is -3.08. The Morgan fingerprint density at radius 2 is 2.04 bits per heavy atom. The van der Waals surface area contributed by atoms with Crippen molar-refractivity contribution >= 4 is 27.5 Å². The highest BCUT2D eigenvalue weighted by atomic mass is 32.1. The minimum Gasteiger partial charge on any atom is -0.488 e. The van der Waals surface area contributed by atoms with Gasteiger partial charge in [-0.2, -0.15) is 0 Å². The zero-order chi connectivity index (χ0) is 19.4. The van der Waals surface area contributed by atoms with Crippen molar-refractivity contribution in [1.82, 2.24) is 9.97 Å². The molecule has 3 rings (SSSR count). The summed E-state index contributed by atoms with van der Waals surface area (Å²) in [7, 11) is 3.34. The van der Waals surface area contributed by atoms with E-state index in [1.807, 2.05) is 37.4 Å². The van der Waals surface area contributed by atoms with Crippen LogP contribution in [0, 0.1) is 6.92 Å². The molecule has 2 heterocycles. The van der Waals surface area contributed by atoms with Crippen molar-refractivity contribution in [3.8, 4) is 5.75 Å². The SMILES string of the molecule is COC(=O)c1sc2nc(C[NH+](C)CCOc3ccccc3)[nH]c(=O)c2c1C. The molecule has 0 bridgehead atoms. The number of benzene rings is 1. The van der Waals surface area contributed by atoms with Gasteiger partial charge in [-0.25, -0.2) is 9.78 Å². The van der Waals surface area contributed by atoms with Crippen LogP contribution in [0.15, 0.2) is 35.1 Å². The maximum absolute atomic E-state index is 12.5. The van der Waals surface area contributed by atoms with Crippen LogP contribution in [0.5, 0.6) is 5.75 Å². The Hall–Kier alpha value is -2.71. The molecule has 3 aromatic rings. The lowest BCUT2D eigenvalue weighted by Gasteiger charge is -2.14. The quantitative estimate of drug-likeness (QED) is 0.594. The molecular weight excluding hydrogens is 366 g/mol. The van der Waals surface area contributed by atoms with E-state index in [0.29, 0.717) is 39.6 Å². The molecule has 0 saturated carbocycles. The monoisotopic (exact) mass is 388 g/mol. The fraction of sp³-hybridized carbons (Fsp3) is 0.316. The smallest absolute Gasteiger partial charge is 0.348 e. The Bertz CT molecular complexity index is 997. The van der Waals surface area contributed by atoms with Gasteiger partial charge in [0.1, 0.15) is 35.2 Å². The Kier molecular flexibility index (Phi) is 5.88. The lowest BCUT2D eigenvalue weighted by molar-refractivity contribution is -0.894. The number of rotatable bonds is 7. The van der Waals surface area contributed by atoms with E-state index in [1.54, 1.807) is 6.92 Å². The molecule has 8 heteroatoms. The molecule has 0 aliphatic heterocycles. The van der Waals surface area contributed by atoms with E-state index in [-0.39, 0.29) is 5.56 Å². The number of fused-ring (bicyclic) bond motifs is 1. The first-order valence-corrected chi connectivity index (χ1v) is 9.41. The molecule has 0 spiro atoms. The van der Waals surface area contributed by atoms with E-state index in [0.717, 1.165) is 17.2 Å². The first-order valence-electron chi connectivity index (χ1n) is 8.59. The molecule has 1 unspecified atom stereocenters. The van der Waals surface area contributed by atoms with Gasteiger partial charge in [0.2, 0.25) is 0 Å². The number of hydrogen-bond acceptors (Lipinski definition) is 6. The van der Waals surface area contributed by atoms with Crippen LogP contribution in [-0.4, -0.2) is 43.2 Å². The zero-order valence-electron chi connectivity index (χ0n) is 15.5. The van der Waals surface area contributed by atoms with Crippen LogP contribution in [0.2, 0.25) is 0 Å². The van der Waals surface area contributed by atoms with Gasteiger partial charge in [-0.15, -0.1) is 11.3 Å². The minimum atomic E-state index is -0.447. The molecule has 2 N–H and O–H groups in total. The third kappa shape index (κ3) is 4.35. The summed E-state index contributed by atoms with van der Waals surface area (Å²) >= 11 is 1.19. The number of aryl methyl sites for hydroxylation is 1. The van der Waals surface area contributed by atoms with Crippen LogP contribution in [-0.2, 0) is 11.3 Å². The Labute approximate surface area is 160 Å². The number of ether oxygens (including phenoxy) is 2.